The Morgan fingerprint density at radius 1 is 0.733 bits per heavy atom. The van der Waals surface area contributed by atoms with Crippen LogP contribution in [0.2, 0.25) is 0 Å². The van der Waals surface area contributed by atoms with Crippen LogP contribution in [-0.2, 0) is 0 Å². The SMILES string of the molecule is CC(F)(F)F.FC(F)C(F)(F)C(F)(F)F. The van der Waals surface area contributed by atoms with Gasteiger partial charge < -0.3 is 0 Å². The average molecular weight is 254 g/mol. The quantitative estimate of drug-likeness (QED) is 0.620. The molecule has 0 saturated carbocycles. The van der Waals surface area contributed by atoms with Crippen molar-refractivity contribution in [2.75, 3.05) is 0 Å². The Balaban J connectivity index is 0. The molecule has 0 aliphatic heterocycles. The molecule has 0 aliphatic carbocycles. The second-order valence-corrected chi connectivity index (χ2v) is 2.20. The highest BCUT2D eigenvalue weighted by Gasteiger charge is 2.64. The van der Waals surface area contributed by atoms with Gasteiger partial charge in [-0.1, -0.05) is 0 Å². The molecule has 0 heterocycles. The van der Waals surface area contributed by atoms with Crippen molar-refractivity contribution in [2.24, 2.45) is 0 Å². The van der Waals surface area contributed by atoms with Gasteiger partial charge in [0.25, 0.3) is 0 Å². The minimum Gasteiger partial charge on any atom is -0.203 e. The van der Waals surface area contributed by atoms with Crippen LogP contribution in [0.15, 0.2) is 0 Å². The lowest BCUT2D eigenvalue weighted by Crippen LogP contribution is -2.42. The first-order chi connectivity index (χ1) is 6.19. The van der Waals surface area contributed by atoms with E-state index in [1.807, 2.05) is 0 Å². The summed E-state index contributed by atoms with van der Waals surface area (Å²) in [5, 5.41) is 0. The van der Waals surface area contributed by atoms with E-state index in [9.17, 15) is 43.9 Å². The van der Waals surface area contributed by atoms with Crippen LogP contribution in [0.25, 0.3) is 0 Å². The van der Waals surface area contributed by atoms with Crippen molar-refractivity contribution in [1.29, 1.82) is 0 Å². The predicted octanol–water partition coefficient (Wildman–Crippen LogP) is 4.02. The third kappa shape index (κ3) is 8.30. The first-order valence-electron chi connectivity index (χ1n) is 2.99. The summed E-state index contributed by atoms with van der Waals surface area (Å²) in [6.45, 7) is 0.188. The smallest absolute Gasteiger partial charge is 0.203 e. The monoisotopic (exact) mass is 254 g/mol. The van der Waals surface area contributed by atoms with Gasteiger partial charge in [0, 0.05) is 6.92 Å². The van der Waals surface area contributed by atoms with Crippen molar-refractivity contribution in [3.63, 3.8) is 0 Å². The molecular weight excluding hydrogens is 250 g/mol. The van der Waals surface area contributed by atoms with Gasteiger partial charge in [0.15, 0.2) is 0 Å². The van der Waals surface area contributed by atoms with Gasteiger partial charge in [-0.25, -0.2) is 8.78 Å². The van der Waals surface area contributed by atoms with Crippen LogP contribution < -0.4 is 0 Å². The molecule has 0 aromatic rings. The van der Waals surface area contributed by atoms with Crippen LogP contribution >= 0.6 is 0 Å². The number of halogens is 10. The van der Waals surface area contributed by atoms with Gasteiger partial charge in [0.2, 0.25) is 0 Å². The number of hydrogen-bond acceptors (Lipinski definition) is 0. The molecule has 10 heteroatoms. The summed E-state index contributed by atoms with van der Waals surface area (Å²) in [5.41, 5.74) is 0. The molecule has 0 bridgehead atoms. The zero-order valence-electron chi connectivity index (χ0n) is 6.86. The average Bonchev–Trinajstić information content (AvgIpc) is 1.79. The molecule has 94 valence electrons. The highest BCUT2D eigenvalue weighted by Crippen LogP contribution is 2.39. The van der Waals surface area contributed by atoms with Gasteiger partial charge in [-0.05, 0) is 0 Å². The Labute approximate surface area is 76.9 Å². The van der Waals surface area contributed by atoms with Crippen molar-refractivity contribution in [3.05, 3.63) is 0 Å². The molecule has 0 fully saturated rings. The molecule has 0 nitrogen and oxygen atoms in total. The molecule has 0 unspecified atom stereocenters. The molecule has 0 atom stereocenters. The minimum absolute atomic E-state index is 0.188. The van der Waals surface area contributed by atoms with E-state index in [4.69, 9.17) is 0 Å². The molecule has 0 radical (unpaired) electrons. The first kappa shape index (κ1) is 16.7. The van der Waals surface area contributed by atoms with Gasteiger partial charge in [0.1, 0.15) is 0 Å². The summed E-state index contributed by atoms with van der Waals surface area (Å²) in [7, 11) is 0. The maximum Gasteiger partial charge on any atom is 0.459 e. The Bertz CT molecular complexity index is 167. The summed E-state index contributed by atoms with van der Waals surface area (Å²) >= 11 is 0. The number of hydrogen-bond donors (Lipinski definition) is 0. The topological polar surface area (TPSA) is 0 Å². The Morgan fingerprint density at radius 3 is 0.933 bits per heavy atom. The number of rotatable bonds is 1. The Morgan fingerprint density at radius 2 is 0.933 bits per heavy atom. The normalized spacial score (nSPS) is 13.6. The Kier molecular flexibility index (Phi) is 5.44. The highest BCUT2D eigenvalue weighted by molar-refractivity contribution is 4.77. The van der Waals surface area contributed by atoms with E-state index in [2.05, 4.69) is 0 Å². The van der Waals surface area contributed by atoms with Crippen molar-refractivity contribution in [1.82, 2.24) is 0 Å². The van der Waals surface area contributed by atoms with E-state index in [-0.39, 0.29) is 6.92 Å². The van der Waals surface area contributed by atoms with Crippen LogP contribution in [0.5, 0.6) is 0 Å². The van der Waals surface area contributed by atoms with Gasteiger partial charge in [-0.15, -0.1) is 0 Å². The van der Waals surface area contributed by atoms with E-state index >= 15 is 0 Å². The third-order valence-electron chi connectivity index (χ3n) is 0.652. The fraction of sp³-hybridized carbons (Fsp3) is 1.00. The first-order valence-corrected chi connectivity index (χ1v) is 2.99. The van der Waals surface area contributed by atoms with Crippen LogP contribution in [0.3, 0.4) is 0 Å². The Hall–Kier alpha value is -0.700. The van der Waals surface area contributed by atoms with Crippen LogP contribution in [0.4, 0.5) is 43.9 Å². The van der Waals surface area contributed by atoms with Gasteiger partial charge in [0.05, 0.1) is 0 Å². The van der Waals surface area contributed by atoms with Crippen molar-refractivity contribution >= 4 is 0 Å². The van der Waals surface area contributed by atoms with E-state index in [1.54, 1.807) is 0 Å². The number of alkyl halides is 10. The second-order valence-electron chi connectivity index (χ2n) is 2.20. The van der Waals surface area contributed by atoms with Crippen LogP contribution in [0, 0.1) is 0 Å². The standard InChI is InChI=1S/C3HF7.C2H3F3/c4-1(5)2(6,7)3(8,9)10;1-2(3,4)5/h1H;1H3. The highest BCUT2D eigenvalue weighted by atomic mass is 19.4. The van der Waals surface area contributed by atoms with E-state index in [0.29, 0.717) is 0 Å². The zero-order valence-corrected chi connectivity index (χ0v) is 6.86. The van der Waals surface area contributed by atoms with Crippen molar-refractivity contribution in [3.8, 4) is 0 Å². The molecule has 0 aromatic heterocycles. The summed E-state index contributed by atoms with van der Waals surface area (Å²) in [6.07, 6.45) is -14.9. The van der Waals surface area contributed by atoms with Crippen molar-refractivity contribution in [2.45, 2.75) is 31.6 Å². The minimum atomic E-state index is -6.17. The lowest BCUT2D eigenvalue weighted by atomic mass is 10.3. The maximum absolute atomic E-state index is 11.2. The molecule has 0 N–H and O–H groups in total. The second kappa shape index (κ2) is 4.88. The lowest BCUT2D eigenvalue weighted by molar-refractivity contribution is -0.320. The third-order valence-corrected chi connectivity index (χ3v) is 0.652. The van der Waals surface area contributed by atoms with Crippen molar-refractivity contribution < 1.29 is 43.9 Å². The van der Waals surface area contributed by atoms with E-state index < -0.39 is 24.7 Å². The molecule has 0 aliphatic rings. The molecule has 0 amide bonds. The van der Waals surface area contributed by atoms with Crippen LogP contribution in [0.1, 0.15) is 6.92 Å². The maximum atomic E-state index is 11.2. The fourth-order valence-electron chi connectivity index (χ4n) is 0.124. The van der Waals surface area contributed by atoms with Gasteiger partial charge >= 0.3 is 24.7 Å². The summed E-state index contributed by atoms with van der Waals surface area (Å²) < 4.78 is 108. The summed E-state index contributed by atoms with van der Waals surface area (Å²) in [6, 6.07) is 0. The molecular formula is C5H4F10. The van der Waals surface area contributed by atoms with Gasteiger partial charge in [-0.2, -0.15) is 35.1 Å². The molecule has 0 saturated heterocycles. The zero-order chi connectivity index (χ0) is 13.1. The molecule has 15 heavy (non-hydrogen) atoms. The van der Waals surface area contributed by atoms with E-state index in [0.717, 1.165) is 0 Å². The summed E-state index contributed by atoms with van der Waals surface area (Å²) in [5.74, 6) is -5.90. The summed E-state index contributed by atoms with van der Waals surface area (Å²) in [4.78, 5) is 0. The largest absolute Gasteiger partial charge is 0.459 e. The lowest BCUT2D eigenvalue weighted by Gasteiger charge is -2.17. The molecule has 0 rings (SSSR count). The predicted molar refractivity (Wildman–Crippen MR) is 28.7 cm³/mol. The van der Waals surface area contributed by atoms with Gasteiger partial charge in [-0.3, -0.25) is 0 Å². The molecule has 0 aromatic carbocycles. The fourth-order valence-corrected chi connectivity index (χ4v) is 0.124. The van der Waals surface area contributed by atoms with E-state index in [1.165, 1.54) is 0 Å². The molecule has 0 spiro atoms. The van der Waals surface area contributed by atoms with Crippen LogP contribution in [-0.4, -0.2) is 24.7 Å².